The van der Waals surface area contributed by atoms with E-state index in [-0.39, 0.29) is 18.5 Å². The lowest BCUT2D eigenvalue weighted by Crippen LogP contribution is -2.54. The molecule has 2 fully saturated rings. The van der Waals surface area contributed by atoms with Gasteiger partial charge in [-0.25, -0.2) is 14.2 Å². The third-order valence-electron chi connectivity index (χ3n) is 5.88. The van der Waals surface area contributed by atoms with Crippen molar-refractivity contribution in [2.45, 2.75) is 57.9 Å². The van der Waals surface area contributed by atoms with Gasteiger partial charge in [0.15, 0.2) is 0 Å². The maximum Gasteiger partial charge on any atom is 0.331 e. The van der Waals surface area contributed by atoms with E-state index in [4.69, 9.17) is 12.2 Å². The zero-order valence-electron chi connectivity index (χ0n) is 19.7. The van der Waals surface area contributed by atoms with Crippen molar-refractivity contribution in [2.24, 2.45) is 5.92 Å². The van der Waals surface area contributed by atoms with Gasteiger partial charge in [0.05, 0.1) is 15.0 Å². The Morgan fingerprint density at radius 3 is 2.60 bits per heavy atom. The molecule has 0 unspecified atom stereocenters. The van der Waals surface area contributed by atoms with Gasteiger partial charge in [-0.3, -0.25) is 4.79 Å². The van der Waals surface area contributed by atoms with E-state index >= 15 is 0 Å². The average molecular weight is 424 g/mol. The lowest BCUT2D eigenvalue weighted by Gasteiger charge is -2.30. The molecule has 1 amide bonds. The highest BCUT2D eigenvalue weighted by Gasteiger charge is 2.39. The molecule has 1 aliphatic heterocycles. The molecule has 1 aromatic heterocycles. The first-order valence-electron chi connectivity index (χ1n) is 11.7. The Hall–Kier alpha value is -2.38. The second kappa shape index (κ2) is 10.1. The van der Waals surface area contributed by atoms with Gasteiger partial charge in [0.2, 0.25) is 5.88 Å². The van der Waals surface area contributed by atoms with Gasteiger partial charge in [0.25, 0.3) is 5.91 Å². The molecule has 2 aliphatic rings. The Labute approximate surface area is 180 Å². The summed E-state index contributed by atoms with van der Waals surface area (Å²) >= 11 is 0. The summed E-state index contributed by atoms with van der Waals surface area (Å²) in [7, 11) is 0. The van der Waals surface area contributed by atoms with Crippen molar-refractivity contribution in [3.8, 4) is 5.88 Å². The smallest absolute Gasteiger partial charge is 0.331 e. The molecule has 0 bridgehead atoms. The number of nitrogens with zero attached hydrogens (tertiary/aromatic N) is 2. The number of halogens is 1. The van der Waals surface area contributed by atoms with Gasteiger partial charge in [-0.1, -0.05) is 13.8 Å². The van der Waals surface area contributed by atoms with Crippen LogP contribution < -0.4 is 15.0 Å². The van der Waals surface area contributed by atoms with E-state index in [1.54, 1.807) is 19.9 Å². The van der Waals surface area contributed by atoms with Crippen molar-refractivity contribution in [3.05, 3.63) is 17.8 Å². The number of esters is 1. The van der Waals surface area contributed by atoms with Gasteiger partial charge in [-0.15, -0.1) is 0 Å². The molecule has 1 N–H and O–H groups in total. The minimum absolute atomic E-state index is 0.110. The highest BCUT2D eigenvalue weighted by Crippen LogP contribution is 2.33. The normalized spacial score (nSPS) is 17.9. The summed E-state index contributed by atoms with van der Waals surface area (Å²) < 4.78 is 37.8. The molecule has 1 saturated carbocycles. The minimum atomic E-state index is -3.15. The van der Waals surface area contributed by atoms with Crippen LogP contribution in [0.2, 0.25) is 0 Å². The number of rotatable bonds is 11. The van der Waals surface area contributed by atoms with Crippen molar-refractivity contribution in [3.63, 3.8) is 0 Å². The van der Waals surface area contributed by atoms with Gasteiger partial charge in [0.1, 0.15) is 24.5 Å². The van der Waals surface area contributed by atoms with Crippen LogP contribution in [0.25, 0.3) is 0 Å². The molecule has 166 valence electrons. The summed E-state index contributed by atoms with van der Waals surface area (Å²) in [4.78, 5) is 32.3. The first-order valence-corrected chi connectivity index (χ1v) is 10.7. The number of amides is 1. The fraction of sp³-hybridized carbons (Fsp3) is 0.682. The third kappa shape index (κ3) is 5.21. The Kier molecular flexibility index (Phi) is 6.58. The van der Waals surface area contributed by atoms with Gasteiger partial charge >= 0.3 is 5.97 Å². The summed E-state index contributed by atoms with van der Waals surface area (Å²) in [5, 5.41) is 2.69. The Morgan fingerprint density at radius 1 is 1.30 bits per heavy atom. The van der Waals surface area contributed by atoms with Gasteiger partial charge in [0, 0.05) is 13.1 Å². The van der Waals surface area contributed by atoms with Crippen LogP contribution in [0.15, 0.2) is 12.1 Å². The quantitative estimate of drug-likeness (QED) is 0.550. The summed E-state index contributed by atoms with van der Waals surface area (Å²) in [6.07, 6.45) is 4.85. The number of nitrogens with one attached hydrogen (secondary N) is 1. The molecular formula is C22H32FN3O4. The van der Waals surface area contributed by atoms with Crippen molar-refractivity contribution < 1.29 is 26.2 Å². The molecule has 7 nitrogen and oxygen atoms in total. The monoisotopic (exact) mass is 423 g/mol. The topological polar surface area (TPSA) is 80.8 Å². The number of carbonyl (C=O) groups excluding carboxylic acids is 2. The van der Waals surface area contributed by atoms with E-state index < -0.39 is 30.6 Å². The number of anilines is 1. The van der Waals surface area contributed by atoms with Crippen LogP contribution >= 0.6 is 0 Å². The Morgan fingerprint density at radius 2 is 2.00 bits per heavy atom. The van der Waals surface area contributed by atoms with Crippen LogP contribution in [0.4, 0.5) is 10.1 Å². The molecular weight excluding hydrogens is 389 g/mol. The maximum atomic E-state index is 13.2. The number of pyridine rings is 1. The fourth-order valence-corrected chi connectivity index (χ4v) is 3.62. The summed E-state index contributed by atoms with van der Waals surface area (Å²) in [6, 6.07) is 3.43. The number of alkyl halides is 1. The number of hydrogen-bond acceptors (Lipinski definition) is 6. The molecule has 1 aromatic rings. The first kappa shape index (κ1) is 19.6. The average Bonchev–Trinajstić information content (AvgIpc) is 3.44. The molecule has 2 heterocycles. The standard InChI is InChI=1S/C22H32FN3O4/c1-3-22(4-2,21(28)29-14-11-23)25-19(27)17-9-10-18(26-12-5-6-13-26)20(24-17)30-15-16-7-8-16/h9-10,16H,3-8,11-15H2,1-2H3,(H,25,27)/i11D2. The predicted molar refractivity (Wildman–Crippen MR) is 112 cm³/mol. The number of carbonyl (C=O) groups is 2. The summed E-state index contributed by atoms with van der Waals surface area (Å²) in [5.74, 6) is -0.507. The lowest BCUT2D eigenvalue weighted by molar-refractivity contribution is -0.152. The Bertz CT molecular complexity index is 820. The maximum absolute atomic E-state index is 13.2. The van der Waals surface area contributed by atoms with Gasteiger partial charge in [-0.05, 0) is 56.6 Å². The minimum Gasteiger partial charge on any atom is -0.476 e. The zero-order valence-corrected chi connectivity index (χ0v) is 17.7. The fourth-order valence-electron chi connectivity index (χ4n) is 3.62. The molecule has 8 heteroatoms. The molecule has 1 aliphatic carbocycles. The molecule has 3 rings (SSSR count). The van der Waals surface area contributed by atoms with Gasteiger partial charge in [-0.2, -0.15) is 0 Å². The molecule has 0 spiro atoms. The molecule has 0 aromatic carbocycles. The second-order valence-corrected chi connectivity index (χ2v) is 7.92. The highest BCUT2D eigenvalue weighted by molar-refractivity contribution is 5.97. The van der Waals surface area contributed by atoms with Crippen LogP contribution in [-0.2, 0) is 9.53 Å². The van der Waals surface area contributed by atoms with E-state index in [0.717, 1.165) is 44.5 Å². The van der Waals surface area contributed by atoms with Crippen LogP contribution in [0.5, 0.6) is 5.88 Å². The lowest BCUT2D eigenvalue weighted by atomic mass is 9.92. The van der Waals surface area contributed by atoms with E-state index in [0.29, 0.717) is 18.4 Å². The molecule has 1 saturated heterocycles. The SMILES string of the molecule is [2H]C([2H])(F)COC(=O)C(CC)(CC)NC(=O)c1ccc(N2CCCC2)c(OCC2CC2)n1. The van der Waals surface area contributed by atoms with Crippen LogP contribution in [0, 0.1) is 5.92 Å². The van der Waals surface area contributed by atoms with E-state index in [2.05, 4.69) is 15.2 Å². The first-order chi connectivity index (χ1) is 15.2. The largest absolute Gasteiger partial charge is 0.476 e. The van der Waals surface area contributed by atoms with E-state index in [9.17, 15) is 14.0 Å². The van der Waals surface area contributed by atoms with Crippen molar-refractivity contribution in [2.75, 3.05) is 37.8 Å². The molecule has 0 atom stereocenters. The van der Waals surface area contributed by atoms with Crippen LogP contribution in [0.1, 0.15) is 65.6 Å². The van der Waals surface area contributed by atoms with Crippen LogP contribution in [-0.4, -0.2) is 55.3 Å². The van der Waals surface area contributed by atoms with Crippen LogP contribution in [0.3, 0.4) is 0 Å². The van der Waals surface area contributed by atoms with E-state index in [1.807, 2.05) is 6.07 Å². The summed E-state index contributed by atoms with van der Waals surface area (Å²) in [6.45, 7) is 1.60. The van der Waals surface area contributed by atoms with Crippen molar-refractivity contribution in [1.29, 1.82) is 0 Å². The van der Waals surface area contributed by atoms with Crippen molar-refractivity contribution in [1.82, 2.24) is 10.3 Å². The number of hydrogen-bond donors (Lipinski definition) is 1. The molecule has 30 heavy (non-hydrogen) atoms. The Balaban J connectivity index is 1.77. The number of aromatic nitrogens is 1. The molecule has 0 radical (unpaired) electrons. The van der Waals surface area contributed by atoms with Gasteiger partial charge < -0.3 is 19.7 Å². The number of ether oxygens (including phenoxy) is 2. The third-order valence-corrected chi connectivity index (χ3v) is 5.88. The summed E-state index contributed by atoms with van der Waals surface area (Å²) in [5.41, 5.74) is -0.438. The second-order valence-electron chi connectivity index (χ2n) is 7.92. The van der Waals surface area contributed by atoms with Crippen molar-refractivity contribution >= 4 is 17.6 Å². The predicted octanol–water partition coefficient (Wildman–Crippen LogP) is 3.27. The van der Waals surface area contributed by atoms with E-state index in [1.165, 1.54) is 0 Å². The zero-order chi connectivity index (χ0) is 23.4. The highest BCUT2D eigenvalue weighted by atomic mass is 19.1.